The number of amides is 1. The zero-order valence-electron chi connectivity index (χ0n) is 9.28. The van der Waals surface area contributed by atoms with E-state index < -0.39 is 5.25 Å². The van der Waals surface area contributed by atoms with Gasteiger partial charge in [0, 0.05) is 7.05 Å². The second kappa shape index (κ2) is 5.01. The lowest BCUT2D eigenvalue weighted by molar-refractivity contribution is -0.117. The van der Waals surface area contributed by atoms with Gasteiger partial charge in [0.1, 0.15) is 11.6 Å². The number of aromatic nitrogens is 3. The number of rotatable bonds is 4. The first kappa shape index (κ1) is 11.7. The third-order valence-electron chi connectivity index (χ3n) is 2.25. The molecule has 1 amide bonds. The van der Waals surface area contributed by atoms with Crippen molar-refractivity contribution < 1.29 is 4.79 Å². The quantitative estimate of drug-likeness (QED) is 0.823. The Hall–Kier alpha value is -1.82. The van der Waals surface area contributed by atoms with Crippen molar-refractivity contribution >= 4 is 17.7 Å². The maximum Gasteiger partial charge on any atom is 0.235 e. The molecule has 0 spiro atoms. The number of hydrogen-bond acceptors (Lipinski definition) is 4. The molecule has 0 unspecified atom stereocenters. The SMILES string of the molecule is Cn1ncnc1S[C@H](C(N)=O)c1ccccc1. The molecule has 17 heavy (non-hydrogen) atoms. The highest BCUT2D eigenvalue weighted by Gasteiger charge is 2.21. The molecular formula is C11H12N4OS. The molecule has 2 rings (SSSR count). The first-order valence-electron chi connectivity index (χ1n) is 5.03. The lowest BCUT2D eigenvalue weighted by atomic mass is 10.1. The van der Waals surface area contributed by atoms with Gasteiger partial charge in [0.15, 0.2) is 5.16 Å². The van der Waals surface area contributed by atoms with E-state index in [-0.39, 0.29) is 5.91 Å². The van der Waals surface area contributed by atoms with Gasteiger partial charge in [-0.3, -0.25) is 4.79 Å². The fourth-order valence-electron chi connectivity index (χ4n) is 1.42. The number of nitrogens with two attached hydrogens (primary N) is 1. The van der Waals surface area contributed by atoms with Crippen LogP contribution in [0.3, 0.4) is 0 Å². The van der Waals surface area contributed by atoms with Crippen LogP contribution >= 0.6 is 11.8 Å². The topological polar surface area (TPSA) is 73.8 Å². The molecule has 88 valence electrons. The Morgan fingerprint density at radius 2 is 2.12 bits per heavy atom. The van der Waals surface area contributed by atoms with Crippen LogP contribution in [0.4, 0.5) is 0 Å². The summed E-state index contributed by atoms with van der Waals surface area (Å²) in [5.74, 6) is -0.385. The fourth-order valence-corrected chi connectivity index (χ4v) is 2.34. The molecule has 1 heterocycles. The van der Waals surface area contributed by atoms with Gasteiger partial charge in [0.05, 0.1) is 0 Å². The number of carbonyl (C=O) groups excluding carboxylic acids is 1. The summed E-state index contributed by atoms with van der Waals surface area (Å²) < 4.78 is 1.61. The minimum Gasteiger partial charge on any atom is -0.368 e. The molecule has 2 N–H and O–H groups in total. The van der Waals surface area contributed by atoms with Crippen molar-refractivity contribution in [3.8, 4) is 0 Å². The molecule has 5 nitrogen and oxygen atoms in total. The van der Waals surface area contributed by atoms with Gasteiger partial charge in [0.25, 0.3) is 0 Å². The predicted octanol–water partition coefficient (Wildman–Crippen LogP) is 1.13. The van der Waals surface area contributed by atoms with Crippen molar-refractivity contribution in [2.45, 2.75) is 10.4 Å². The van der Waals surface area contributed by atoms with Crippen LogP contribution in [0.1, 0.15) is 10.8 Å². The Balaban J connectivity index is 2.26. The predicted molar refractivity (Wildman–Crippen MR) is 65.2 cm³/mol. The lowest BCUT2D eigenvalue weighted by Gasteiger charge is -2.12. The average Bonchev–Trinajstić information content (AvgIpc) is 2.72. The Morgan fingerprint density at radius 1 is 1.41 bits per heavy atom. The van der Waals surface area contributed by atoms with Crippen molar-refractivity contribution in [1.29, 1.82) is 0 Å². The van der Waals surface area contributed by atoms with Crippen LogP contribution in [0.15, 0.2) is 41.8 Å². The van der Waals surface area contributed by atoms with E-state index in [1.807, 2.05) is 30.3 Å². The average molecular weight is 248 g/mol. The van der Waals surface area contributed by atoms with E-state index in [4.69, 9.17) is 5.73 Å². The summed E-state index contributed by atoms with van der Waals surface area (Å²) in [6.45, 7) is 0. The minimum atomic E-state index is -0.445. The van der Waals surface area contributed by atoms with Crippen molar-refractivity contribution in [2.75, 3.05) is 0 Å². The first-order chi connectivity index (χ1) is 8.18. The zero-order valence-corrected chi connectivity index (χ0v) is 10.1. The van der Waals surface area contributed by atoms with E-state index in [9.17, 15) is 4.79 Å². The van der Waals surface area contributed by atoms with Crippen LogP contribution in [0.2, 0.25) is 0 Å². The number of benzene rings is 1. The number of hydrogen-bond donors (Lipinski definition) is 1. The van der Waals surface area contributed by atoms with Gasteiger partial charge < -0.3 is 5.73 Å². The van der Waals surface area contributed by atoms with E-state index >= 15 is 0 Å². The normalized spacial score (nSPS) is 12.3. The van der Waals surface area contributed by atoms with Gasteiger partial charge in [-0.15, -0.1) is 0 Å². The second-order valence-electron chi connectivity index (χ2n) is 3.48. The Bertz CT molecular complexity index is 511. The fraction of sp³-hybridized carbons (Fsp3) is 0.182. The summed E-state index contributed by atoms with van der Waals surface area (Å²) in [7, 11) is 1.78. The summed E-state index contributed by atoms with van der Waals surface area (Å²) in [6, 6.07) is 9.40. The summed E-state index contributed by atoms with van der Waals surface area (Å²) in [4.78, 5) is 15.6. The largest absolute Gasteiger partial charge is 0.368 e. The Kier molecular flexibility index (Phi) is 3.43. The molecule has 0 bridgehead atoms. The van der Waals surface area contributed by atoms with E-state index in [0.717, 1.165) is 5.56 Å². The maximum absolute atomic E-state index is 11.5. The molecule has 0 aliphatic rings. The van der Waals surface area contributed by atoms with Gasteiger partial charge >= 0.3 is 0 Å². The molecule has 0 radical (unpaired) electrons. The number of aryl methyl sites for hydroxylation is 1. The highest BCUT2D eigenvalue weighted by atomic mass is 32.2. The molecule has 1 aromatic heterocycles. The molecule has 0 fully saturated rings. The van der Waals surface area contributed by atoms with E-state index in [1.165, 1.54) is 18.1 Å². The van der Waals surface area contributed by atoms with E-state index in [0.29, 0.717) is 5.16 Å². The monoisotopic (exact) mass is 248 g/mol. The van der Waals surface area contributed by atoms with Crippen molar-refractivity contribution in [3.05, 3.63) is 42.2 Å². The van der Waals surface area contributed by atoms with Crippen molar-refractivity contribution in [2.24, 2.45) is 12.8 Å². The Morgan fingerprint density at radius 3 is 2.65 bits per heavy atom. The van der Waals surface area contributed by atoms with Crippen molar-refractivity contribution in [1.82, 2.24) is 14.8 Å². The first-order valence-corrected chi connectivity index (χ1v) is 5.91. The summed E-state index contributed by atoms with van der Waals surface area (Å²) in [5.41, 5.74) is 6.29. The Labute approximate surface area is 103 Å². The molecule has 1 atom stereocenters. The standard InChI is InChI=1S/C11H12N4OS/c1-15-11(13-7-14-15)17-9(10(12)16)8-5-3-2-4-6-8/h2-7,9H,1H3,(H2,12,16)/t9-/m0/s1. The van der Waals surface area contributed by atoms with Crippen LogP contribution < -0.4 is 5.73 Å². The summed E-state index contributed by atoms with van der Waals surface area (Å²) in [6.07, 6.45) is 1.45. The summed E-state index contributed by atoms with van der Waals surface area (Å²) in [5, 5.41) is 4.17. The van der Waals surface area contributed by atoms with Gasteiger partial charge in [-0.2, -0.15) is 5.10 Å². The molecular weight excluding hydrogens is 236 g/mol. The maximum atomic E-state index is 11.5. The molecule has 0 aliphatic heterocycles. The van der Waals surface area contributed by atoms with Gasteiger partial charge in [-0.25, -0.2) is 9.67 Å². The van der Waals surface area contributed by atoms with Crippen LogP contribution in [-0.2, 0) is 11.8 Å². The van der Waals surface area contributed by atoms with Crippen LogP contribution in [0.5, 0.6) is 0 Å². The van der Waals surface area contributed by atoms with Gasteiger partial charge in [-0.05, 0) is 5.56 Å². The molecule has 6 heteroatoms. The second-order valence-corrected chi connectivity index (χ2v) is 4.55. The zero-order chi connectivity index (χ0) is 12.3. The molecule has 0 aliphatic carbocycles. The number of primary amides is 1. The molecule has 1 aromatic carbocycles. The van der Waals surface area contributed by atoms with Gasteiger partial charge in [-0.1, -0.05) is 42.1 Å². The van der Waals surface area contributed by atoms with Gasteiger partial charge in [0.2, 0.25) is 5.91 Å². The molecule has 0 saturated heterocycles. The van der Waals surface area contributed by atoms with Crippen LogP contribution in [-0.4, -0.2) is 20.7 Å². The smallest absolute Gasteiger partial charge is 0.235 e. The molecule has 2 aromatic rings. The highest BCUT2D eigenvalue weighted by molar-refractivity contribution is 8.00. The third kappa shape index (κ3) is 2.65. The van der Waals surface area contributed by atoms with E-state index in [1.54, 1.807) is 11.7 Å². The van der Waals surface area contributed by atoms with E-state index in [2.05, 4.69) is 10.1 Å². The number of nitrogens with zero attached hydrogens (tertiary/aromatic N) is 3. The van der Waals surface area contributed by atoms with Crippen molar-refractivity contribution in [3.63, 3.8) is 0 Å². The third-order valence-corrected chi connectivity index (χ3v) is 3.57. The number of carbonyl (C=O) groups is 1. The highest BCUT2D eigenvalue weighted by Crippen LogP contribution is 2.33. The lowest BCUT2D eigenvalue weighted by Crippen LogP contribution is -2.19. The molecule has 0 saturated carbocycles. The summed E-state index contributed by atoms with van der Waals surface area (Å²) >= 11 is 1.30. The number of thioether (sulfide) groups is 1. The minimum absolute atomic E-state index is 0.385. The van der Waals surface area contributed by atoms with Crippen LogP contribution in [0, 0.1) is 0 Å². The van der Waals surface area contributed by atoms with Crippen LogP contribution in [0.25, 0.3) is 0 Å².